The quantitative estimate of drug-likeness (QED) is 0.282. The lowest BCUT2D eigenvalue weighted by Gasteiger charge is -2.33. The van der Waals surface area contributed by atoms with Crippen LogP contribution in [-0.4, -0.2) is 50.4 Å². The van der Waals surface area contributed by atoms with E-state index >= 15 is 0 Å². The minimum Gasteiger partial charge on any atom is -0.494 e. The smallest absolute Gasteiger partial charge is 0.264 e. The molecule has 0 aromatic heterocycles. The van der Waals surface area contributed by atoms with Crippen molar-refractivity contribution in [3.63, 3.8) is 0 Å². The fourth-order valence-electron chi connectivity index (χ4n) is 4.22. The molecule has 0 heterocycles. The maximum absolute atomic E-state index is 14.0. The molecule has 0 spiro atoms. The molecule has 220 valence electrons. The van der Waals surface area contributed by atoms with Gasteiger partial charge in [0.15, 0.2) is 0 Å². The van der Waals surface area contributed by atoms with Gasteiger partial charge < -0.3 is 15.0 Å². The van der Waals surface area contributed by atoms with Crippen molar-refractivity contribution in [3.05, 3.63) is 89.2 Å². The maximum Gasteiger partial charge on any atom is 0.264 e. The molecular formula is C30H35ClFN3O5S. The summed E-state index contributed by atoms with van der Waals surface area (Å²) >= 11 is 6.04. The van der Waals surface area contributed by atoms with Gasteiger partial charge in [0, 0.05) is 17.6 Å². The predicted molar refractivity (Wildman–Crippen MR) is 158 cm³/mol. The number of benzene rings is 3. The fourth-order valence-corrected chi connectivity index (χ4v) is 5.76. The first kappa shape index (κ1) is 31.9. The Balaban J connectivity index is 2.06. The number of ether oxygens (including phenoxy) is 1. The number of hydrogen-bond acceptors (Lipinski definition) is 5. The number of hydrogen-bond donors (Lipinski definition) is 1. The van der Waals surface area contributed by atoms with Crippen LogP contribution in [0.5, 0.6) is 5.75 Å². The number of nitrogens with zero attached hydrogens (tertiary/aromatic N) is 2. The van der Waals surface area contributed by atoms with Crippen molar-refractivity contribution < 1.29 is 27.1 Å². The van der Waals surface area contributed by atoms with Gasteiger partial charge >= 0.3 is 0 Å². The first-order valence-corrected chi connectivity index (χ1v) is 15.1. The molecule has 0 fully saturated rings. The molecule has 0 radical (unpaired) electrons. The minimum absolute atomic E-state index is 0.0493. The summed E-state index contributed by atoms with van der Waals surface area (Å²) in [7, 11) is -4.31. The zero-order valence-electron chi connectivity index (χ0n) is 23.5. The number of nitrogens with one attached hydrogen (secondary N) is 1. The summed E-state index contributed by atoms with van der Waals surface area (Å²) in [6.07, 6.45) is 0.297. The van der Waals surface area contributed by atoms with Gasteiger partial charge in [-0.3, -0.25) is 13.9 Å². The number of carbonyl (C=O) groups excluding carboxylic acids is 2. The summed E-state index contributed by atoms with van der Waals surface area (Å²) in [5, 5.41) is 3.37. The first-order valence-electron chi connectivity index (χ1n) is 13.3. The van der Waals surface area contributed by atoms with Gasteiger partial charge in [-0.15, -0.1) is 0 Å². The van der Waals surface area contributed by atoms with Crippen molar-refractivity contribution in [1.82, 2.24) is 10.2 Å². The molecule has 0 bridgehead atoms. The van der Waals surface area contributed by atoms with Crippen LogP contribution in [-0.2, 0) is 26.2 Å². The zero-order chi connectivity index (χ0) is 30.2. The van der Waals surface area contributed by atoms with Crippen LogP contribution in [0.25, 0.3) is 0 Å². The van der Waals surface area contributed by atoms with E-state index in [4.69, 9.17) is 16.3 Å². The Hall–Kier alpha value is -3.63. The van der Waals surface area contributed by atoms with Gasteiger partial charge in [0.2, 0.25) is 11.8 Å². The van der Waals surface area contributed by atoms with Crippen LogP contribution in [0, 0.1) is 5.82 Å². The molecule has 0 saturated heterocycles. The molecule has 11 heteroatoms. The Morgan fingerprint density at radius 3 is 2.10 bits per heavy atom. The first-order chi connectivity index (χ1) is 19.5. The number of rotatable bonds is 13. The van der Waals surface area contributed by atoms with Crippen LogP contribution >= 0.6 is 11.6 Å². The summed E-state index contributed by atoms with van der Waals surface area (Å²) in [6, 6.07) is 16.5. The highest BCUT2D eigenvalue weighted by molar-refractivity contribution is 7.92. The van der Waals surface area contributed by atoms with Gasteiger partial charge in [0.05, 0.1) is 17.2 Å². The molecule has 3 aromatic carbocycles. The molecule has 2 amide bonds. The fraction of sp³-hybridized carbons (Fsp3) is 0.333. The number of amides is 2. The Morgan fingerprint density at radius 1 is 0.951 bits per heavy atom. The SMILES string of the molecule is CCOc1ccc(N(CC(=O)N(Cc2ccc(Cl)cc2)[C@H](CC)C(=O)NC(C)C)S(=O)(=O)c2ccc(F)cc2)cc1. The van der Waals surface area contributed by atoms with Gasteiger partial charge in [-0.05, 0) is 93.4 Å². The van der Waals surface area contributed by atoms with Gasteiger partial charge in [-0.1, -0.05) is 30.7 Å². The Bertz CT molecular complexity index is 1420. The summed E-state index contributed by atoms with van der Waals surface area (Å²) in [5.74, 6) is -1.00. The zero-order valence-corrected chi connectivity index (χ0v) is 25.1. The molecule has 0 unspecified atom stereocenters. The van der Waals surface area contributed by atoms with Crippen LogP contribution in [0.1, 0.15) is 39.7 Å². The van der Waals surface area contributed by atoms with Crippen molar-refractivity contribution in [2.24, 2.45) is 0 Å². The largest absolute Gasteiger partial charge is 0.494 e. The summed E-state index contributed by atoms with van der Waals surface area (Å²) in [5.41, 5.74) is 0.921. The highest BCUT2D eigenvalue weighted by Gasteiger charge is 2.34. The average Bonchev–Trinajstić information content (AvgIpc) is 2.93. The average molecular weight is 604 g/mol. The molecule has 1 atom stereocenters. The number of sulfonamides is 1. The molecule has 8 nitrogen and oxygen atoms in total. The topological polar surface area (TPSA) is 96.0 Å². The molecular weight excluding hydrogens is 569 g/mol. The third-order valence-corrected chi connectivity index (χ3v) is 8.24. The lowest BCUT2D eigenvalue weighted by atomic mass is 10.1. The van der Waals surface area contributed by atoms with Gasteiger partial charge in [0.25, 0.3) is 10.0 Å². The Morgan fingerprint density at radius 2 is 1.56 bits per heavy atom. The molecule has 0 saturated carbocycles. The van der Waals surface area contributed by atoms with Crippen molar-refractivity contribution in [2.75, 3.05) is 17.5 Å². The van der Waals surface area contributed by atoms with Gasteiger partial charge in [-0.25, -0.2) is 12.8 Å². The summed E-state index contributed by atoms with van der Waals surface area (Å²) in [4.78, 5) is 28.4. The van der Waals surface area contributed by atoms with Gasteiger partial charge in [-0.2, -0.15) is 0 Å². The monoisotopic (exact) mass is 603 g/mol. The van der Waals surface area contributed by atoms with E-state index in [1.807, 2.05) is 20.8 Å². The van der Waals surface area contributed by atoms with Gasteiger partial charge in [0.1, 0.15) is 24.2 Å². The van der Waals surface area contributed by atoms with E-state index in [0.717, 1.165) is 28.6 Å². The van der Waals surface area contributed by atoms with E-state index in [-0.39, 0.29) is 29.1 Å². The minimum atomic E-state index is -4.31. The third-order valence-electron chi connectivity index (χ3n) is 6.20. The van der Waals surface area contributed by atoms with Crippen molar-refractivity contribution in [3.8, 4) is 5.75 Å². The number of carbonyl (C=O) groups is 2. The van der Waals surface area contributed by atoms with Crippen molar-refractivity contribution in [1.29, 1.82) is 0 Å². The van der Waals surface area contributed by atoms with E-state index in [2.05, 4.69) is 5.32 Å². The molecule has 41 heavy (non-hydrogen) atoms. The highest BCUT2D eigenvalue weighted by atomic mass is 35.5. The van der Waals surface area contributed by atoms with Crippen molar-refractivity contribution in [2.45, 2.75) is 57.6 Å². The Labute approximate surface area is 246 Å². The summed E-state index contributed by atoms with van der Waals surface area (Å²) in [6.45, 7) is 7.11. The molecule has 0 aliphatic rings. The lowest BCUT2D eigenvalue weighted by Crippen LogP contribution is -2.53. The predicted octanol–water partition coefficient (Wildman–Crippen LogP) is 5.41. The second-order valence-electron chi connectivity index (χ2n) is 9.63. The maximum atomic E-state index is 14.0. The van der Waals surface area contributed by atoms with Crippen LogP contribution in [0.4, 0.5) is 10.1 Å². The van der Waals surface area contributed by atoms with E-state index in [1.54, 1.807) is 43.3 Å². The van der Waals surface area contributed by atoms with Crippen LogP contribution in [0.3, 0.4) is 0 Å². The van der Waals surface area contributed by atoms with E-state index in [0.29, 0.717) is 29.4 Å². The van der Waals surface area contributed by atoms with Crippen LogP contribution in [0.15, 0.2) is 77.7 Å². The normalized spacial score (nSPS) is 12.1. The van der Waals surface area contributed by atoms with Crippen molar-refractivity contribution >= 4 is 39.1 Å². The molecule has 0 aliphatic carbocycles. The second kappa shape index (κ2) is 14.3. The van der Waals surface area contributed by atoms with E-state index < -0.39 is 34.3 Å². The van der Waals surface area contributed by atoms with Crippen LogP contribution in [0.2, 0.25) is 5.02 Å². The number of anilines is 1. The Kier molecular flexibility index (Phi) is 11.1. The molecule has 1 N–H and O–H groups in total. The second-order valence-corrected chi connectivity index (χ2v) is 11.9. The lowest BCUT2D eigenvalue weighted by molar-refractivity contribution is -0.140. The third kappa shape index (κ3) is 8.43. The highest BCUT2D eigenvalue weighted by Crippen LogP contribution is 2.27. The van der Waals surface area contributed by atoms with Crippen LogP contribution < -0.4 is 14.4 Å². The molecule has 0 aliphatic heterocycles. The molecule has 3 aromatic rings. The number of halogens is 2. The summed E-state index contributed by atoms with van der Waals surface area (Å²) < 4.78 is 47.7. The van der Waals surface area contributed by atoms with E-state index in [9.17, 15) is 22.4 Å². The van der Waals surface area contributed by atoms with E-state index in [1.165, 1.54) is 17.0 Å². The molecule has 3 rings (SSSR count). The standard InChI is InChI=1S/C30H35ClFN3O5S/c1-5-28(30(37)33-21(3)4)34(19-22-7-9-23(31)10-8-22)29(36)20-35(25-13-15-26(16-14-25)40-6-2)41(38,39)27-17-11-24(32)12-18-27/h7-18,21,28H,5-6,19-20H2,1-4H3,(H,33,37)/t28-/m1/s1.